The number of nitrogens with zero attached hydrogens (tertiary/aromatic N) is 2. The van der Waals surface area contributed by atoms with Gasteiger partial charge in [0.2, 0.25) is 5.88 Å². The van der Waals surface area contributed by atoms with E-state index >= 15 is 0 Å². The number of aromatic nitrogens is 1. The van der Waals surface area contributed by atoms with E-state index in [9.17, 15) is 5.11 Å². The molecule has 3 aromatic rings. The summed E-state index contributed by atoms with van der Waals surface area (Å²) in [5.74, 6) is 0.555. The maximum atomic E-state index is 13.1. The van der Waals surface area contributed by atoms with Crippen LogP contribution >= 0.6 is 27.5 Å². The van der Waals surface area contributed by atoms with Gasteiger partial charge >= 0.3 is 0 Å². The highest BCUT2D eigenvalue weighted by Gasteiger charge is 2.73. The third-order valence-electron chi connectivity index (χ3n) is 7.99. The molecule has 3 aliphatic rings. The van der Waals surface area contributed by atoms with E-state index in [-0.39, 0.29) is 17.0 Å². The van der Waals surface area contributed by atoms with Crippen molar-refractivity contribution in [2.45, 2.75) is 23.5 Å². The molecule has 188 valence electrons. The monoisotopic (exact) mass is 570 g/mol. The van der Waals surface area contributed by atoms with Gasteiger partial charge in [-0.3, -0.25) is 4.90 Å². The summed E-state index contributed by atoms with van der Waals surface area (Å²) in [7, 11) is 1.56. The fourth-order valence-electron chi connectivity index (χ4n) is 6.49. The lowest BCUT2D eigenvalue weighted by Crippen LogP contribution is -2.53. The molecular formula is C28H28BrClN2O4. The molecule has 0 amide bonds. The highest BCUT2D eigenvalue weighted by atomic mass is 79.9. The Kier molecular flexibility index (Phi) is 6.25. The fraction of sp³-hybridized carbons (Fsp3) is 0.393. The number of morpholine rings is 1. The van der Waals surface area contributed by atoms with E-state index in [1.165, 1.54) is 0 Å². The molecule has 2 aliphatic heterocycles. The van der Waals surface area contributed by atoms with Crippen molar-refractivity contribution in [3.8, 4) is 11.6 Å². The fourth-order valence-corrected chi connectivity index (χ4v) is 6.93. The summed E-state index contributed by atoms with van der Waals surface area (Å²) < 4.78 is 19.2. The van der Waals surface area contributed by atoms with Crippen LogP contribution < -0.4 is 9.47 Å². The number of halogens is 2. The summed E-state index contributed by atoms with van der Waals surface area (Å²) >= 11 is 9.95. The van der Waals surface area contributed by atoms with Crippen molar-refractivity contribution in [2.75, 3.05) is 40.0 Å². The Hall–Kier alpha value is -2.16. The van der Waals surface area contributed by atoms with Crippen molar-refractivity contribution in [3.63, 3.8) is 0 Å². The molecule has 6 rings (SSSR count). The standard InChI is InChI=1S/C28H28BrClN2O4/c1-34-26-25-23(16-24(30)31-26)36-28(19-7-9-21(29)10-8-19)22(18-5-3-2-4-6-18)15-20(27(25,28)33)17-32-11-13-35-14-12-32/h2-10,16,20,22,33H,11-15,17H2,1H3. The van der Waals surface area contributed by atoms with Gasteiger partial charge in [0, 0.05) is 42.0 Å². The number of benzene rings is 2. The van der Waals surface area contributed by atoms with E-state index in [1.54, 1.807) is 13.2 Å². The molecule has 3 heterocycles. The third kappa shape index (κ3) is 3.59. The number of aliphatic hydroxyl groups is 1. The summed E-state index contributed by atoms with van der Waals surface area (Å²) in [5.41, 5.74) is 0.107. The van der Waals surface area contributed by atoms with Crippen molar-refractivity contribution < 1.29 is 19.3 Å². The van der Waals surface area contributed by atoms with Crippen LogP contribution in [-0.4, -0.2) is 54.9 Å². The lowest BCUT2D eigenvalue weighted by atomic mass is 9.70. The van der Waals surface area contributed by atoms with Crippen molar-refractivity contribution in [1.82, 2.24) is 9.88 Å². The molecule has 4 unspecified atom stereocenters. The van der Waals surface area contributed by atoms with Gasteiger partial charge in [-0.15, -0.1) is 0 Å². The molecule has 0 spiro atoms. The van der Waals surface area contributed by atoms with Crippen LogP contribution in [0.3, 0.4) is 0 Å². The smallest absolute Gasteiger partial charge is 0.224 e. The molecule has 0 radical (unpaired) electrons. The molecule has 1 aliphatic carbocycles. The zero-order valence-corrected chi connectivity index (χ0v) is 22.3. The second-order valence-corrected chi connectivity index (χ2v) is 11.1. The molecular weight excluding hydrogens is 544 g/mol. The quantitative estimate of drug-likeness (QED) is 0.429. The minimum absolute atomic E-state index is 0.119. The number of methoxy groups -OCH3 is 1. The summed E-state index contributed by atoms with van der Waals surface area (Å²) in [5, 5.41) is 13.4. The van der Waals surface area contributed by atoms with E-state index in [0.717, 1.165) is 35.1 Å². The Bertz CT molecular complexity index is 1250. The number of rotatable bonds is 5. The maximum Gasteiger partial charge on any atom is 0.224 e. The van der Waals surface area contributed by atoms with Crippen LogP contribution in [0, 0.1) is 5.92 Å². The third-order valence-corrected chi connectivity index (χ3v) is 8.71. The summed E-state index contributed by atoms with van der Waals surface area (Å²) in [6.07, 6.45) is 0.735. The van der Waals surface area contributed by atoms with Gasteiger partial charge in [-0.1, -0.05) is 70.0 Å². The molecule has 1 saturated carbocycles. The van der Waals surface area contributed by atoms with Crippen LogP contribution in [0.1, 0.15) is 29.0 Å². The van der Waals surface area contributed by atoms with E-state index in [2.05, 4.69) is 37.9 Å². The van der Waals surface area contributed by atoms with E-state index < -0.39 is 11.2 Å². The Morgan fingerprint density at radius 1 is 1.14 bits per heavy atom. The Labute approximate surface area is 224 Å². The van der Waals surface area contributed by atoms with Crippen molar-refractivity contribution in [2.24, 2.45) is 5.92 Å². The molecule has 2 fully saturated rings. The Morgan fingerprint density at radius 2 is 1.86 bits per heavy atom. The minimum atomic E-state index is -1.40. The van der Waals surface area contributed by atoms with E-state index in [0.29, 0.717) is 37.0 Å². The van der Waals surface area contributed by atoms with Gasteiger partial charge in [-0.25, -0.2) is 4.98 Å². The van der Waals surface area contributed by atoms with Crippen LogP contribution in [0.2, 0.25) is 5.15 Å². The Balaban J connectivity index is 1.60. The summed E-state index contributed by atoms with van der Waals surface area (Å²) in [6, 6.07) is 20.1. The first-order valence-electron chi connectivity index (χ1n) is 12.2. The van der Waals surface area contributed by atoms with Crippen molar-refractivity contribution >= 4 is 27.5 Å². The van der Waals surface area contributed by atoms with Crippen LogP contribution in [0.5, 0.6) is 11.6 Å². The summed E-state index contributed by atoms with van der Waals surface area (Å²) in [4.78, 5) is 6.82. The lowest BCUT2D eigenvalue weighted by Gasteiger charge is -2.42. The maximum absolute atomic E-state index is 13.1. The molecule has 1 saturated heterocycles. The number of hydrogen-bond acceptors (Lipinski definition) is 6. The van der Waals surface area contributed by atoms with E-state index in [1.807, 2.05) is 42.5 Å². The predicted octanol–water partition coefficient (Wildman–Crippen LogP) is 5.12. The molecule has 1 aromatic heterocycles. The average molecular weight is 572 g/mol. The molecule has 36 heavy (non-hydrogen) atoms. The van der Waals surface area contributed by atoms with Gasteiger partial charge in [0.25, 0.3) is 0 Å². The normalized spacial score (nSPS) is 29.4. The van der Waals surface area contributed by atoms with Crippen LogP contribution in [0.4, 0.5) is 0 Å². The first kappa shape index (κ1) is 24.2. The van der Waals surface area contributed by atoms with Crippen LogP contribution in [-0.2, 0) is 15.9 Å². The molecule has 0 bridgehead atoms. The van der Waals surface area contributed by atoms with Gasteiger partial charge in [0.15, 0.2) is 5.60 Å². The Morgan fingerprint density at radius 3 is 2.56 bits per heavy atom. The second kappa shape index (κ2) is 9.30. The highest BCUT2D eigenvalue weighted by Crippen LogP contribution is 2.70. The highest BCUT2D eigenvalue weighted by molar-refractivity contribution is 9.10. The van der Waals surface area contributed by atoms with E-state index in [4.69, 9.17) is 25.8 Å². The topological polar surface area (TPSA) is 64.1 Å². The SMILES string of the molecule is COc1nc(Cl)cc2c1C1(O)C(CN3CCOCC3)CC(c3ccccc3)C1(c1ccc(Br)cc1)O2. The zero-order valence-electron chi connectivity index (χ0n) is 20.0. The molecule has 4 atom stereocenters. The zero-order chi connectivity index (χ0) is 24.9. The van der Waals surface area contributed by atoms with Gasteiger partial charge < -0.3 is 19.3 Å². The number of hydrogen-bond donors (Lipinski definition) is 1. The average Bonchev–Trinajstić information content (AvgIpc) is 3.30. The van der Waals surface area contributed by atoms with Gasteiger partial charge in [-0.2, -0.15) is 0 Å². The van der Waals surface area contributed by atoms with Gasteiger partial charge in [0.05, 0.1) is 25.9 Å². The van der Waals surface area contributed by atoms with Crippen molar-refractivity contribution in [3.05, 3.63) is 87.0 Å². The molecule has 8 heteroatoms. The predicted molar refractivity (Wildman–Crippen MR) is 141 cm³/mol. The number of ether oxygens (including phenoxy) is 3. The van der Waals surface area contributed by atoms with Crippen LogP contribution in [0.15, 0.2) is 65.1 Å². The summed E-state index contributed by atoms with van der Waals surface area (Å²) in [6.45, 7) is 3.75. The lowest BCUT2D eigenvalue weighted by molar-refractivity contribution is -0.134. The van der Waals surface area contributed by atoms with Gasteiger partial charge in [-0.05, 0) is 29.7 Å². The first-order valence-corrected chi connectivity index (χ1v) is 13.4. The number of fused-ring (bicyclic) bond motifs is 3. The number of pyridine rings is 1. The van der Waals surface area contributed by atoms with Crippen molar-refractivity contribution in [1.29, 1.82) is 0 Å². The largest absolute Gasteiger partial charge is 0.481 e. The van der Waals surface area contributed by atoms with Crippen LogP contribution in [0.25, 0.3) is 0 Å². The minimum Gasteiger partial charge on any atom is -0.481 e. The molecule has 6 nitrogen and oxygen atoms in total. The van der Waals surface area contributed by atoms with Gasteiger partial charge in [0.1, 0.15) is 16.5 Å². The second-order valence-electron chi connectivity index (χ2n) is 9.75. The first-order chi connectivity index (χ1) is 17.5. The molecule has 2 aromatic carbocycles. The molecule has 1 N–H and O–H groups in total.